The lowest BCUT2D eigenvalue weighted by molar-refractivity contribution is -0.140. The van der Waals surface area contributed by atoms with Gasteiger partial charge in [-0.05, 0) is 53.9 Å². The summed E-state index contributed by atoms with van der Waals surface area (Å²) in [6.45, 7) is 1.86. The highest BCUT2D eigenvalue weighted by Crippen LogP contribution is 2.35. The summed E-state index contributed by atoms with van der Waals surface area (Å²) in [6, 6.07) is 16.2. The normalized spacial score (nSPS) is 11.8. The van der Waals surface area contributed by atoms with Crippen LogP contribution in [0, 0.1) is 12.7 Å². The molecule has 5 aromatic rings. The molecule has 5 nitrogen and oxygen atoms in total. The first-order valence-electron chi connectivity index (χ1n) is 10.7. The van der Waals surface area contributed by atoms with Gasteiger partial charge in [0, 0.05) is 35.0 Å². The van der Waals surface area contributed by atoms with E-state index < -0.39 is 17.7 Å². The summed E-state index contributed by atoms with van der Waals surface area (Å²) < 4.78 is 59.9. The number of alkyl halides is 3. The van der Waals surface area contributed by atoms with E-state index >= 15 is 0 Å². The fourth-order valence-electron chi connectivity index (χ4n) is 3.84. The van der Waals surface area contributed by atoms with Crippen LogP contribution >= 0.6 is 11.6 Å². The van der Waals surface area contributed by atoms with Gasteiger partial charge < -0.3 is 9.09 Å². The van der Waals surface area contributed by atoms with E-state index in [1.54, 1.807) is 42.5 Å². The van der Waals surface area contributed by atoms with Crippen molar-refractivity contribution < 1.29 is 22.1 Å². The number of nitrogens with zero attached hydrogens (tertiary/aromatic N) is 4. The second kappa shape index (κ2) is 8.91. The average Bonchev–Trinajstić information content (AvgIpc) is 3.48. The molecule has 0 amide bonds. The summed E-state index contributed by atoms with van der Waals surface area (Å²) in [6.07, 6.45) is -3.59. The number of hydrogen-bond donors (Lipinski definition) is 0. The second-order valence-electron chi connectivity index (χ2n) is 8.21. The Bertz CT molecular complexity index is 1570. The molecule has 0 saturated heterocycles. The molecule has 2 heterocycles. The Kier molecular flexibility index (Phi) is 5.88. The summed E-state index contributed by atoms with van der Waals surface area (Å²) in [4.78, 5) is 8.17. The van der Waals surface area contributed by atoms with E-state index in [2.05, 4.69) is 15.1 Å². The number of aromatic nitrogens is 4. The summed E-state index contributed by atoms with van der Waals surface area (Å²) in [7, 11) is 1.50. The molecule has 0 unspecified atom stereocenters. The van der Waals surface area contributed by atoms with Crippen molar-refractivity contribution in [1.82, 2.24) is 19.7 Å². The standard InChI is InChI=1S/C26H17ClF4N4O/c1-14-11-17(7-10-21(14)27)20-12-18(28)8-9-19(20)25-33-23(34-36-25)15-3-5-16(6-4-15)24-32-22(13-35(24)2)26(29,30)31/h3-13H,1-2H3. The predicted octanol–water partition coefficient (Wildman–Crippen LogP) is 7.59. The summed E-state index contributed by atoms with van der Waals surface area (Å²) in [5.74, 6) is 0.224. The Morgan fingerprint density at radius 2 is 1.56 bits per heavy atom. The molecule has 0 N–H and O–H groups in total. The van der Waals surface area contributed by atoms with E-state index in [-0.39, 0.29) is 17.5 Å². The lowest BCUT2D eigenvalue weighted by atomic mass is 9.98. The maximum absolute atomic E-state index is 14.1. The summed E-state index contributed by atoms with van der Waals surface area (Å²) >= 11 is 6.14. The van der Waals surface area contributed by atoms with Crippen molar-refractivity contribution >= 4 is 11.6 Å². The zero-order valence-corrected chi connectivity index (χ0v) is 19.7. The van der Waals surface area contributed by atoms with E-state index in [1.165, 1.54) is 23.7 Å². The molecule has 36 heavy (non-hydrogen) atoms. The minimum Gasteiger partial charge on any atom is -0.334 e. The van der Waals surface area contributed by atoms with Gasteiger partial charge in [-0.15, -0.1) is 0 Å². The molecule has 5 rings (SSSR count). The molecule has 0 atom stereocenters. The molecule has 0 radical (unpaired) electrons. The third kappa shape index (κ3) is 4.49. The molecule has 0 aliphatic carbocycles. The van der Waals surface area contributed by atoms with Crippen LogP contribution in [-0.2, 0) is 13.2 Å². The van der Waals surface area contributed by atoms with Crippen LogP contribution in [-0.4, -0.2) is 19.7 Å². The monoisotopic (exact) mass is 512 g/mol. The topological polar surface area (TPSA) is 56.7 Å². The number of rotatable bonds is 4. The van der Waals surface area contributed by atoms with Gasteiger partial charge in [0.15, 0.2) is 5.69 Å². The van der Waals surface area contributed by atoms with E-state index in [9.17, 15) is 17.6 Å². The third-order valence-electron chi connectivity index (χ3n) is 5.68. The number of hydrogen-bond acceptors (Lipinski definition) is 4. The van der Waals surface area contributed by atoms with Gasteiger partial charge in [-0.3, -0.25) is 0 Å². The van der Waals surface area contributed by atoms with Crippen LogP contribution < -0.4 is 0 Å². The van der Waals surface area contributed by atoms with Gasteiger partial charge in [0.1, 0.15) is 11.6 Å². The quantitative estimate of drug-likeness (QED) is 0.233. The number of halogens is 5. The van der Waals surface area contributed by atoms with Crippen LogP contribution in [0.25, 0.3) is 45.4 Å². The molecule has 0 aliphatic rings. The maximum Gasteiger partial charge on any atom is 0.434 e. The molecule has 0 fully saturated rings. The highest BCUT2D eigenvalue weighted by atomic mass is 35.5. The van der Waals surface area contributed by atoms with Crippen LogP contribution in [0.15, 0.2) is 71.4 Å². The number of benzene rings is 3. The number of imidazole rings is 1. The lowest BCUT2D eigenvalue weighted by Gasteiger charge is -2.08. The van der Waals surface area contributed by atoms with Crippen molar-refractivity contribution in [2.45, 2.75) is 13.1 Å². The SMILES string of the molecule is Cc1cc(-c2cc(F)ccc2-c2nc(-c3ccc(-c4nc(C(F)(F)F)cn4C)cc3)no2)ccc1Cl. The van der Waals surface area contributed by atoms with E-state index in [1.807, 2.05) is 13.0 Å². The zero-order valence-electron chi connectivity index (χ0n) is 18.9. The molecule has 10 heteroatoms. The van der Waals surface area contributed by atoms with Gasteiger partial charge in [-0.25, -0.2) is 9.37 Å². The smallest absolute Gasteiger partial charge is 0.334 e. The fourth-order valence-corrected chi connectivity index (χ4v) is 3.96. The van der Waals surface area contributed by atoms with Crippen molar-refractivity contribution in [2.24, 2.45) is 7.05 Å². The van der Waals surface area contributed by atoms with Gasteiger partial charge in [0.25, 0.3) is 5.89 Å². The first-order valence-corrected chi connectivity index (χ1v) is 11.1. The second-order valence-corrected chi connectivity index (χ2v) is 8.62. The summed E-state index contributed by atoms with van der Waals surface area (Å²) in [5, 5.41) is 4.64. The fraction of sp³-hybridized carbons (Fsp3) is 0.115. The van der Waals surface area contributed by atoms with Gasteiger partial charge in [-0.2, -0.15) is 18.2 Å². The van der Waals surface area contributed by atoms with Crippen LogP contribution in [0.3, 0.4) is 0 Å². The van der Waals surface area contributed by atoms with Gasteiger partial charge >= 0.3 is 6.18 Å². The lowest BCUT2D eigenvalue weighted by Crippen LogP contribution is -2.04. The van der Waals surface area contributed by atoms with Crippen molar-refractivity contribution in [2.75, 3.05) is 0 Å². The van der Waals surface area contributed by atoms with Crippen LogP contribution in [0.2, 0.25) is 5.02 Å². The Hall–Kier alpha value is -3.98. The van der Waals surface area contributed by atoms with E-state index in [0.29, 0.717) is 27.3 Å². The van der Waals surface area contributed by atoms with Crippen LogP contribution in [0.5, 0.6) is 0 Å². The van der Waals surface area contributed by atoms with Gasteiger partial charge in [-0.1, -0.05) is 47.1 Å². The van der Waals surface area contributed by atoms with Gasteiger partial charge in [0.2, 0.25) is 5.82 Å². The van der Waals surface area contributed by atoms with Crippen molar-refractivity contribution in [3.05, 3.63) is 89.0 Å². The van der Waals surface area contributed by atoms with Crippen molar-refractivity contribution in [3.8, 4) is 45.4 Å². The van der Waals surface area contributed by atoms with Crippen LogP contribution in [0.4, 0.5) is 17.6 Å². The average molecular weight is 513 g/mol. The first-order chi connectivity index (χ1) is 17.1. The molecular weight excluding hydrogens is 496 g/mol. The molecule has 182 valence electrons. The summed E-state index contributed by atoms with van der Waals surface area (Å²) in [5.41, 5.74) is 2.81. The predicted molar refractivity (Wildman–Crippen MR) is 128 cm³/mol. The van der Waals surface area contributed by atoms with Crippen molar-refractivity contribution in [3.63, 3.8) is 0 Å². The molecule has 3 aromatic carbocycles. The minimum absolute atomic E-state index is 0.178. The highest BCUT2D eigenvalue weighted by Gasteiger charge is 2.34. The zero-order chi connectivity index (χ0) is 25.6. The van der Waals surface area contributed by atoms with Crippen LogP contribution in [0.1, 0.15) is 11.3 Å². The molecule has 0 bridgehead atoms. The van der Waals surface area contributed by atoms with Gasteiger partial charge in [0.05, 0.1) is 0 Å². The molecule has 2 aromatic heterocycles. The molecule has 0 saturated carbocycles. The van der Waals surface area contributed by atoms with Crippen molar-refractivity contribution in [1.29, 1.82) is 0 Å². The largest absolute Gasteiger partial charge is 0.434 e. The molecular formula is C26H17ClF4N4O. The van der Waals surface area contributed by atoms with E-state index in [4.69, 9.17) is 16.1 Å². The minimum atomic E-state index is -4.53. The molecule has 0 spiro atoms. The highest BCUT2D eigenvalue weighted by molar-refractivity contribution is 6.31. The Morgan fingerprint density at radius 3 is 2.22 bits per heavy atom. The molecule has 0 aliphatic heterocycles. The third-order valence-corrected chi connectivity index (χ3v) is 6.10. The Balaban J connectivity index is 1.47. The van der Waals surface area contributed by atoms with E-state index in [0.717, 1.165) is 17.3 Å². The first kappa shape index (κ1) is 23.7. The Morgan fingerprint density at radius 1 is 0.861 bits per heavy atom. The number of aryl methyl sites for hydroxylation is 2. The maximum atomic E-state index is 14.1. The Labute approximate surface area is 208 Å².